The number of nitrogens with zero attached hydrogens (tertiary/aromatic N) is 3. The number of ketones is 1. The molecule has 0 atom stereocenters. The van der Waals surface area contributed by atoms with Crippen LogP contribution in [0.5, 0.6) is 0 Å². The average Bonchev–Trinajstić information content (AvgIpc) is 3.05. The standard InChI is InChI=1S/C20H24N4O4/c1-11-8-12(2)17(14-9-20(4,5)18(25)16(11)14)19(26)21-6-7-23-13(3)22-10-15(23)24(27)28/h8,10H,6-7,9H2,1-5H3,(H,21,26). The first-order valence-electron chi connectivity index (χ1n) is 9.17. The minimum Gasteiger partial charge on any atom is -0.358 e. The van der Waals surface area contributed by atoms with Crippen LogP contribution in [0.4, 0.5) is 5.82 Å². The summed E-state index contributed by atoms with van der Waals surface area (Å²) >= 11 is 0. The molecular weight excluding hydrogens is 360 g/mol. The summed E-state index contributed by atoms with van der Waals surface area (Å²) in [6, 6.07) is 1.87. The van der Waals surface area contributed by atoms with Gasteiger partial charge >= 0.3 is 5.82 Å². The molecule has 8 nitrogen and oxygen atoms in total. The van der Waals surface area contributed by atoms with E-state index in [9.17, 15) is 19.7 Å². The molecule has 8 heteroatoms. The van der Waals surface area contributed by atoms with Crippen molar-refractivity contribution in [1.82, 2.24) is 14.9 Å². The fourth-order valence-corrected chi connectivity index (χ4v) is 3.99. The third-order valence-electron chi connectivity index (χ3n) is 5.35. The first-order valence-corrected chi connectivity index (χ1v) is 9.17. The van der Waals surface area contributed by atoms with Crippen molar-refractivity contribution >= 4 is 17.5 Å². The van der Waals surface area contributed by atoms with Crippen LogP contribution in [0.3, 0.4) is 0 Å². The largest absolute Gasteiger partial charge is 0.358 e. The minimum atomic E-state index is -0.523. The van der Waals surface area contributed by atoms with Crippen LogP contribution in [0, 0.1) is 36.3 Å². The van der Waals surface area contributed by atoms with Crippen molar-refractivity contribution in [3.63, 3.8) is 0 Å². The summed E-state index contributed by atoms with van der Waals surface area (Å²) in [5.74, 6) is 0.214. The number of rotatable bonds is 5. The van der Waals surface area contributed by atoms with Crippen molar-refractivity contribution in [1.29, 1.82) is 0 Å². The number of nitro groups is 1. The van der Waals surface area contributed by atoms with E-state index in [0.29, 0.717) is 23.4 Å². The minimum absolute atomic E-state index is 0.0683. The molecule has 1 heterocycles. The topological polar surface area (TPSA) is 107 Å². The Hall–Kier alpha value is -3.03. The molecule has 0 bridgehead atoms. The van der Waals surface area contributed by atoms with Gasteiger partial charge in [0.05, 0.1) is 6.54 Å². The van der Waals surface area contributed by atoms with Crippen molar-refractivity contribution in [2.75, 3.05) is 6.54 Å². The lowest BCUT2D eigenvalue weighted by Gasteiger charge is -2.14. The summed E-state index contributed by atoms with van der Waals surface area (Å²) in [6.07, 6.45) is 1.74. The zero-order valence-corrected chi connectivity index (χ0v) is 16.8. The zero-order valence-electron chi connectivity index (χ0n) is 16.8. The number of hydrogen-bond donors (Lipinski definition) is 1. The molecular formula is C20H24N4O4. The van der Waals surface area contributed by atoms with Crippen LogP contribution in [0.15, 0.2) is 12.3 Å². The molecule has 148 valence electrons. The van der Waals surface area contributed by atoms with E-state index in [-0.39, 0.29) is 30.6 Å². The van der Waals surface area contributed by atoms with Crippen LogP contribution in [0.25, 0.3) is 0 Å². The molecule has 1 aliphatic carbocycles. The second-order valence-corrected chi connectivity index (χ2v) is 7.96. The summed E-state index contributed by atoms with van der Waals surface area (Å²) in [5.41, 5.74) is 3.19. The lowest BCUT2D eigenvalue weighted by Crippen LogP contribution is -2.29. The second-order valence-electron chi connectivity index (χ2n) is 7.96. The van der Waals surface area contributed by atoms with Gasteiger partial charge in [-0.3, -0.25) is 9.59 Å². The number of carbonyl (C=O) groups excluding carboxylic acids is 2. The number of benzene rings is 1. The third-order valence-corrected chi connectivity index (χ3v) is 5.35. The highest BCUT2D eigenvalue weighted by Gasteiger charge is 2.41. The van der Waals surface area contributed by atoms with Gasteiger partial charge in [-0.15, -0.1) is 0 Å². The number of carbonyl (C=O) groups is 2. The molecule has 2 aromatic rings. The second kappa shape index (κ2) is 6.85. The fraction of sp³-hybridized carbons (Fsp3) is 0.450. The van der Waals surface area contributed by atoms with E-state index in [1.165, 1.54) is 10.8 Å². The van der Waals surface area contributed by atoms with E-state index in [4.69, 9.17) is 0 Å². The van der Waals surface area contributed by atoms with E-state index < -0.39 is 10.3 Å². The van der Waals surface area contributed by atoms with E-state index >= 15 is 0 Å². The maximum Gasteiger partial charge on any atom is 0.342 e. The summed E-state index contributed by atoms with van der Waals surface area (Å²) in [4.78, 5) is 40.2. The molecule has 0 radical (unpaired) electrons. The van der Waals surface area contributed by atoms with Crippen LogP contribution < -0.4 is 5.32 Å². The normalized spacial score (nSPS) is 14.8. The first kappa shape index (κ1) is 19.7. The molecule has 0 spiro atoms. The predicted molar refractivity (Wildman–Crippen MR) is 104 cm³/mol. The fourth-order valence-electron chi connectivity index (χ4n) is 3.99. The number of Topliss-reactive ketones (excluding diaryl/α,β-unsaturated/α-hetero) is 1. The Labute approximate surface area is 163 Å². The van der Waals surface area contributed by atoms with Crippen LogP contribution in [-0.4, -0.2) is 32.7 Å². The maximum atomic E-state index is 12.9. The Bertz CT molecular complexity index is 1000. The smallest absolute Gasteiger partial charge is 0.342 e. The van der Waals surface area contributed by atoms with Crippen LogP contribution in [-0.2, 0) is 13.0 Å². The maximum absolute atomic E-state index is 12.9. The Morgan fingerprint density at radius 1 is 1.32 bits per heavy atom. The molecule has 1 aromatic carbocycles. The Morgan fingerprint density at radius 2 is 2.00 bits per heavy atom. The van der Waals surface area contributed by atoms with Gasteiger partial charge in [0.2, 0.25) is 0 Å². The van der Waals surface area contributed by atoms with Gasteiger partial charge in [-0.1, -0.05) is 19.9 Å². The Balaban J connectivity index is 1.83. The number of aryl methyl sites for hydroxylation is 3. The quantitative estimate of drug-likeness (QED) is 0.630. The Kier molecular flexibility index (Phi) is 4.82. The summed E-state index contributed by atoms with van der Waals surface area (Å²) in [5, 5.41) is 13.9. The SMILES string of the molecule is Cc1cc(C)c2c(c1C(=O)NCCn1c([N+](=O)[O-])cnc1C)CC(C)(C)C2=O. The summed E-state index contributed by atoms with van der Waals surface area (Å²) < 4.78 is 1.46. The number of fused-ring (bicyclic) bond motifs is 1. The van der Waals surface area contributed by atoms with Gasteiger partial charge in [-0.05, 0) is 41.9 Å². The zero-order chi connectivity index (χ0) is 20.8. The van der Waals surface area contributed by atoms with Gasteiger partial charge in [0.15, 0.2) is 11.6 Å². The molecule has 1 N–H and O–H groups in total. The summed E-state index contributed by atoms with van der Waals surface area (Å²) in [7, 11) is 0. The highest BCUT2D eigenvalue weighted by Crippen LogP contribution is 2.40. The molecule has 0 saturated heterocycles. The lowest BCUT2D eigenvalue weighted by molar-refractivity contribution is -0.392. The van der Waals surface area contributed by atoms with Crippen LogP contribution in [0.1, 0.15) is 57.1 Å². The van der Waals surface area contributed by atoms with Gasteiger partial charge in [0, 0.05) is 23.5 Å². The third kappa shape index (κ3) is 3.19. The van der Waals surface area contributed by atoms with Crippen LogP contribution in [0.2, 0.25) is 0 Å². The van der Waals surface area contributed by atoms with Crippen molar-refractivity contribution in [3.05, 3.63) is 56.0 Å². The monoisotopic (exact) mass is 384 g/mol. The number of aromatic nitrogens is 2. The number of imidazole rings is 1. The van der Waals surface area contributed by atoms with Crippen LogP contribution >= 0.6 is 0 Å². The van der Waals surface area contributed by atoms with Gasteiger partial charge < -0.3 is 15.4 Å². The van der Waals surface area contributed by atoms with E-state index in [0.717, 1.165) is 16.7 Å². The van der Waals surface area contributed by atoms with Crippen molar-refractivity contribution in [2.45, 2.75) is 47.6 Å². The molecule has 0 saturated carbocycles. The highest BCUT2D eigenvalue weighted by atomic mass is 16.6. The average molecular weight is 384 g/mol. The van der Waals surface area contributed by atoms with Gasteiger partial charge in [0.1, 0.15) is 12.7 Å². The molecule has 1 aliphatic rings. The van der Waals surface area contributed by atoms with Gasteiger partial charge in [0.25, 0.3) is 5.91 Å². The lowest BCUT2D eigenvalue weighted by atomic mass is 9.88. The molecule has 3 rings (SSSR count). The van der Waals surface area contributed by atoms with Crippen molar-refractivity contribution < 1.29 is 14.5 Å². The predicted octanol–water partition coefficient (Wildman–Crippen LogP) is 2.91. The summed E-state index contributed by atoms with van der Waals surface area (Å²) in [6.45, 7) is 9.69. The molecule has 28 heavy (non-hydrogen) atoms. The van der Waals surface area contributed by atoms with E-state index in [2.05, 4.69) is 10.3 Å². The molecule has 1 aromatic heterocycles. The van der Waals surface area contributed by atoms with Gasteiger partial charge in [-0.2, -0.15) is 0 Å². The number of nitrogens with one attached hydrogen (secondary N) is 1. The van der Waals surface area contributed by atoms with E-state index in [1.807, 2.05) is 33.8 Å². The number of hydrogen-bond acceptors (Lipinski definition) is 5. The molecule has 0 unspecified atom stereocenters. The molecule has 0 fully saturated rings. The Morgan fingerprint density at radius 3 is 2.64 bits per heavy atom. The molecule has 1 amide bonds. The van der Waals surface area contributed by atoms with Crippen molar-refractivity contribution in [2.24, 2.45) is 5.41 Å². The first-order chi connectivity index (χ1) is 13.0. The number of amides is 1. The molecule has 0 aliphatic heterocycles. The van der Waals surface area contributed by atoms with Gasteiger partial charge in [-0.25, -0.2) is 9.55 Å². The van der Waals surface area contributed by atoms with E-state index in [1.54, 1.807) is 6.92 Å². The van der Waals surface area contributed by atoms with Crippen molar-refractivity contribution in [3.8, 4) is 0 Å². The highest BCUT2D eigenvalue weighted by molar-refractivity contribution is 6.09.